The zero-order valence-electron chi connectivity index (χ0n) is 15.8. The average molecular weight is 384 g/mol. The van der Waals surface area contributed by atoms with Crippen LogP contribution in [0.4, 0.5) is 0 Å². The zero-order valence-corrected chi connectivity index (χ0v) is 15.8. The molecule has 0 aliphatic heterocycles. The SMILES string of the molecule is CC(C)C(NC(=O)c1ccc(/C=C/C=C/c2ccc(CO)o2)cc1)C(=O)NO. The van der Waals surface area contributed by atoms with Crippen molar-refractivity contribution in [2.24, 2.45) is 5.92 Å². The Balaban J connectivity index is 1.96. The minimum Gasteiger partial charge on any atom is -0.459 e. The maximum absolute atomic E-state index is 12.3. The topological polar surface area (TPSA) is 112 Å². The molecular formula is C21H24N2O5. The van der Waals surface area contributed by atoms with Crippen LogP contribution in [0, 0.1) is 5.92 Å². The fourth-order valence-electron chi connectivity index (χ4n) is 2.46. The van der Waals surface area contributed by atoms with Crippen molar-refractivity contribution in [3.05, 3.63) is 71.2 Å². The van der Waals surface area contributed by atoms with Crippen molar-refractivity contribution in [1.82, 2.24) is 10.8 Å². The molecule has 0 fully saturated rings. The van der Waals surface area contributed by atoms with Gasteiger partial charge in [0.05, 0.1) is 0 Å². The van der Waals surface area contributed by atoms with Gasteiger partial charge in [-0.3, -0.25) is 14.8 Å². The molecule has 0 saturated heterocycles. The van der Waals surface area contributed by atoms with E-state index in [9.17, 15) is 9.59 Å². The number of hydrogen-bond donors (Lipinski definition) is 4. The number of benzene rings is 1. The molecule has 28 heavy (non-hydrogen) atoms. The molecule has 0 bridgehead atoms. The van der Waals surface area contributed by atoms with E-state index < -0.39 is 17.9 Å². The number of carbonyl (C=O) groups excluding carboxylic acids is 2. The highest BCUT2D eigenvalue weighted by Crippen LogP contribution is 2.11. The first-order chi connectivity index (χ1) is 13.4. The Morgan fingerprint density at radius 1 is 1.07 bits per heavy atom. The van der Waals surface area contributed by atoms with Crippen LogP contribution < -0.4 is 10.8 Å². The molecule has 7 nitrogen and oxygen atoms in total. The summed E-state index contributed by atoms with van der Waals surface area (Å²) in [5.74, 6) is -0.0682. The number of aliphatic hydroxyl groups is 1. The summed E-state index contributed by atoms with van der Waals surface area (Å²) in [4.78, 5) is 23.9. The summed E-state index contributed by atoms with van der Waals surface area (Å²) >= 11 is 0. The quantitative estimate of drug-likeness (QED) is 0.318. The maximum atomic E-state index is 12.3. The van der Waals surface area contributed by atoms with E-state index in [2.05, 4.69) is 5.32 Å². The highest BCUT2D eigenvalue weighted by atomic mass is 16.5. The van der Waals surface area contributed by atoms with Crippen LogP contribution in [-0.4, -0.2) is 28.2 Å². The van der Waals surface area contributed by atoms with E-state index in [4.69, 9.17) is 14.7 Å². The predicted molar refractivity (Wildman–Crippen MR) is 105 cm³/mol. The number of hydrogen-bond acceptors (Lipinski definition) is 5. The Labute approximate surface area is 163 Å². The Hall–Kier alpha value is -3.16. The third-order valence-corrected chi connectivity index (χ3v) is 4.02. The van der Waals surface area contributed by atoms with Crippen LogP contribution in [0.2, 0.25) is 0 Å². The number of nitrogens with one attached hydrogen (secondary N) is 2. The Morgan fingerprint density at radius 3 is 2.32 bits per heavy atom. The average Bonchev–Trinajstić information content (AvgIpc) is 3.17. The number of rotatable bonds is 8. The van der Waals surface area contributed by atoms with E-state index in [1.807, 2.05) is 12.2 Å². The molecule has 0 saturated carbocycles. The van der Waals surface area contributed by atoms with Gasteiger partial charge >= 0.3 is 0 Å². The number of furan rings is 1. The lowest BCUT2D eigenvalue weighted by molar-refractivity contribution is -0.132. The van der Waals surface area contributed by atoms with E-state index in [1.165, 1.54) is 0 Å². The van der Waals surface area contributed by atoms with Crippen LogP contribution in [-0.2, 0) is 11.4 Å². The molecule has 1 aromatic carbocycles. The lowest BCUT2D eigenvalue weighted by Gasteiger charge is -2.20. The van der Waals surface area contributed by atoms with Crippen molar-refractivity contribution in [1.29, 1.82) is 0 Å². The molecule has 7 heteroatoms. The van der Waals surface area contributed by atoms with Gasteiger partial charge in [-0.15, -0.1) is 0 Å². The van der Waals surface area contributed by atoms with Gasteiger partial charge in [0.25, 0.3) is 11.8 Å². The van der Waals surface area contributed by atoms with Crippen molar-refractivity contribution < 1.29 is 24.3 Å². The lowest BCUT2D eigenvalue weighted by Crippen LogP contribution is -2.48. The molecular weight excluding hydrogens is 360 g/mol. The molecule has 0 aliphatic carbocycles. The zero-order chi connectivity index (χ0) is 20.5. The third-order valence-electron chi connectivity index (χ3n) is 4.02. The smallest absolute Gasteiger partial charge is 0.266 e. The minimum atomic E-state index is -0.824. The molecule has 4 N–H and O–H groups in total. The number of amides is 2. The molecule has 2 aromatic rings. The molecule has 1 atom stereocenters. The Bertz CT molecular complexity index is 850. The number of hydroxylamine groups is 1. The van der Waals surface area contributed by atoms with Gasteiger partial charge in [0.2, 0.25) is 0 Å². The summed E-state index contributed by atoms with van der Waals surface area (Å²) in [6.07, 6.45) is 7.28. The van der Waals surface area contributed by atoms with Gasteiger partial charge in [-0.05, 0) is 41.8 Å². The molecule has 148 valence electrons. The van der Waals surface area contributed by atoms with E-state index in [0.29, 0.717) is 17.1 Å². The summed E-state index contributed by atoms with van der Waals surface area (Å²) in [5, 5.41) is 20.4. The van der Waals surface area contributed by atoms with Gasteiger partial charge in [0.1, 0.15) is 24.2 Å². The van der Waals surface area contributed by atoms with Gasteiger partial charge in [-0.25, -0.2) is 5.48 Å². The number of aliphatic hydroxyl groups excluding tert-OH is 1. The van der Waals surface area contributed by atoms with Crippen LogP contribution in [0.3, 0.4) is 0 Å². The minimum absolute atomic E-state index is 0.133. The van der Waals surface area contributed by atoms with Gasteiger partial charge in [0.15, 0.2) is 0 Å². The van der Waals surface area contributed by atoms with Crippen molar-refractivity contribution in [2.45, 2.75) is 26.5 Å². The highest BCUT2D eigenvalue weighted by molar-refractivity contribution is 5.97. The van der Waals surface area contributed by atoms with Gasteiger partial charge in [-0.1, -0.05) is 44.2 Å². The molecule has 0 radical (unpaired) electrons. The van der Waals surface area contributed by atoms with E-state index in [-0.39, 0.29) is 12.5 Å². The second-order valence-electron chi connectivity index (χ2n) is 6.47. The van der Waals surface area contributed by atoms with E-state index >= 15 is 0 Å². The molecule has 0 aliphatic rings. The number of carbonyl (C=O) groups is 2. The number of allylic oxidation sites excluding steroid dienone is 2. The molecule has 1 unspecified atom stereocenters. The second-order valence-corrected chi connectivity index (χ2v) is 6.47. The molecule has 1 aromatic heterocycles. The van der Waals surface area contributed by atoms with Crippen LogP contribution in [0.5, 0.6) is 0 Å². The summed E-state index contributed by atoms with van der Waals surface area (Å²) in [6, 6.07) is 9.54. The fourth-order valence-corrected chi connectivity index (χ4v) is 2.46. The normalized spacial score (nSPS) is 12.6. The van der Waals surface area contributed by atoms with Crippen molar-refractivity contribution in [3.63, 3.8) is 0 Å². The second kappa shape index (κ2) is 10.2. The monoisotopic (exact) mass is 384 g/mol. The maximum Gasteiger partial charge on any atom is 0.266 e. The van der Waals surface area contributed by atoms with Crippen LogP contribution >= 0.6 is 0 Å². The summed E-state index contributed by atoms with van der Waals surface area (Å²) in [5.41, 5.74) is 2.88. The Kier molecular flexibility index (Phi) is 7.74. The summed E-state index contributed by atoms with van der Waals surface area (Å²) in [7, 11) is 0. The standard InChI is InChI=1S/C21H24N2O5/c1-14(2)19(21(26)23-27)22-20(25)16-9-7-15(8-10-16)5-3-4-6-17-11-12-18(13-24)28-17/h3-12,14,19,24,27H,13H2,1-2H3,(H,22,25)(H,23,26)/b5-3+,6-4+. The fraction of sp³-hybridized carbons (Fsp3) is 0.238. The summed E-state index contributed by atoms with van der Waals surface area (Å²) < 4.78 is 5.34. The lowest BCUT2D eigenvalue weighted by atomic mass is 10.0. The molecule has 0 spiro atoms. The van der Waals surface area contributed by atoms with Crippen molar-refractivity contribution in [3.8, 4) is 0 Å². The first-order valence-electron chi connectivity index (χ1n) is 8.83. The first kappa shape index (κ1) is 21.1. The van der Waals surface area contributed by atoms with E-state index in [0.717, 1.165) is 5.56 Å². The molecule has 2 amide bonds. The van der Waals surface area contributed by atoms with Crippen molar-refractivity contribution >= 4 is 24.0 Å². The predicted octanol–water partition coefficient (Wildman–Crippen LogP) is 2.76. The third kappa shape index (κ3) is 5.94. The van der Waals surface area contributed by atoms with E-state index in [1.54, 1.807) is 67.9 Å². The van der Waals surface area contributed by atoms with Crippen LogP contribution in [0.25, 0.3) is 12.2 Å². The molecule has 1 heterocycles. The van der Waals surface area contributed by atoms with Gasteiger partial charge < -0.3 is 14.8 Å². The molecule has 2 rings (SSSR count). The van der Waals surface area contributed by atoms with Gasteiger partial charge in [-0.2, -0.15) is 0 Å². The first-order valence-corrected chi connectivity index (χ1v) is 8.83. The van der Waals surface area contributed by atoms with Crippen molar-refractivity contribution in [2.75, 3.05) is 0 Å². The van der Waals surface area contributed by atoms with Crippen LogP contribution in [0.1, 0.15) is 41.3 Å². The Morgan fingerprint density at radius 2 is 1.75 bits per heavy atom. The highest BCUT2D eigenvalue weighted by Gasteiger charge is 2.24. The largest absolute Gasteiger partial charge is 0.459 e. The van der Waals surface area contributed by atoms with Gasteiger partial charge in [0, 0.05) is 5.56 Å². The summed E-state index contributed by atoms with van der Waals surface area (Å²) in [6.45, 7) is 3.41. The van der Waals surface area contributed by atoms with Crippen LogP contribution in [0.15, 0.2) is 53.0 Å².